The van der Waals surface area contributed by atoms with E-state index in [0.717, 1.165) is 24.5 Å². The second-order valence-electron chi connectivity index (χ2n) is 6.50. The van der Waals surface area contributed by atoms with E-state index in [-0.39, 0.29) is 29.3 Å². The molecule has 6 nitrogen and oxygen atoms in total. The SMILES string of the molecule is CCOC(=O)CN/C(=C(/C)C(=N)C(F)(F)F)c1ccc(-c2cccc(S(C)(=O)=O)c2)s1. The van der Waals surface area contributed by atoms with Crippen molar-refractivity contribution in [1.29, 1.82) is 5.41 Å². The average Bonchev–Trinajstić information content (AvgIpc) is 3.16. The van der Waals surface area contributed by atoms with Crippen molar-refractivity contribution in [3.8, 4) is 10.4 Å². The number of allylic oxidation sites excluding steroid dienone is 1. The monoisotopic (exact) mass is 474 g/mol. The van der Waals surface area contributed by atoms with Crippen LogP contribution in [0.15, 0.2) is 46.9 Å². The number of benzene rings is 1. The summed E-state index contributed by atoms with van der Waals surface area (Å²) < 4.78 is 67.7. The molecule has 0 aliphatic heterocycles. The maximum atomic E-state index is 13.1. The molecular weight excluding hydrogens is 453 g/mol. The van der Waals surface area contributed by atoms with Crippen molar-refractivity contribution in [3.05, 3.63) is 46.8 Å². The van der Waals surface area contributed by atoms with Gasteiger partial charge in [-0.05, 0) is 43.7 Å². The van der Waals surface area contributed by atoms with Gasteiger partial charge in [0.05, 0.1) is 22.1 Å². The molecule has 1 aromatic heterocycles. The number of thiophene rings is 1. The first-order valence-electron chi connectivity index (χ1n) is 9.01. The number of alkyl halides is 3. The van der Waals surface area contributed by atoms with Crippen LogP contribution in [-0.2, 0) is 19.4 Å². The van der Waals surface area contributed by atoms with Gasteiger partial charge in [-0.3, -0.25) is 10.2 Å². The van der Waals surface area contributed by atoms with Crippen molar-refractivity contribution in [2.75, 3.05) is 19.4 Å². The van der Waals surface area contributed by atoms with Crippen molar-refractivity contribution in [3.63, 3.8) is 0 Å². The Morgan fingerprint density at radius 3 is 2.48 bits per heavy atom. The number of ether oxygens (including phenoxy) is 1. The Hall–Kier alpha value is -2.66. The lowest BCUT2D eigenvalue weighted by Crippen LogP contribution is -2.28. The van der Waals surface area contributed by atoms with Crippen molar-refractivity contribution in [1.82, 2.24) is 5.32 Å². The van der Waals surface area contributed by atoms with Crippen LogP contribution < -0.4 is 5.32 Å². The van der Waals surface area contributed by atoms with Gasteiger partial charge in [0.25, 0.3) is 0 Å². The topological polar surface area (TPSA) is 96.3 Å². The fraction of sp³-hybridized carbons (Fsp3) is 0.300. The summed E-state index contributed by atoms with van der Waals surface area (Å²) in [6.07, 6.45) is -3.77. The molecular formula is C20H21F3N2O4S2. The highest BCUT2D eigenvalue weighted by atomic mass is 32.2. The molecule has 0 bridgehead atoms. The Morgan fingerprint density at radius 1 is 1.23 bits per heavy atom. The summed E-state index contributed by atoms with van der Waals surface area (Å²) in [5.41, 5.74) is -1.36. The maximum absolute atomic E-state index is 13.1. The van der Waals surface area contributed by atoms with Crippen LogP contribution in [0.5, 0.6) is 0 Å². The number of nitrogens with one attached hydrogen (secondary N) is 2. The van der Waals surface area contributed by atoms with Crippen molar-refractivity contribution in [2.24, 2.45) is 0 Å². The lowest BCUT2D eigenvalue weighted by Gasteiger charge is -2.15. The number of esters is 1. The fourth-order valence-electron chi connectivity index (χ4n) is 2.62. The van der Waals surface area contributed by atoms with E-state index in [2.05, 4.69) is 5.32 Å². The molecule has 1 heterocycles. The fourth-order valence-corrected chi connectivity index (χ4v) is 4.37. The minimum absolute atomic E-state index is 0.0223. The minimum atomic E-state index is -4.86. The van der Waals surface area contributed by atoms with Crippen LogP contribution in [0, 0.1) is 5.41 Å². The van der Waals surface area contributed by atoms with Crippen molar-refractivity contribution < 1.29 is 31.1 Å². The van der Waals surface area contributed by atoms with Crippen LogP contribution in [0.1, 0.15) is 18.7 Å². The van der Waals surface area contributed by atoms with Gasteiger partial charge in [0.15, 0.2) is 9.84 Å². The highest BCUT2D eigenvalue weighted by molar-refractivity contribution is 7.90. The molecule has 0 saturated carbocycles. The standard InChI is InChI=1S/C20H21F3N2O4S2/c1-4-29-17(26)11-25-18(12(2)19(24)20(21,22)23)16-9-8-15(30-16)13-6-5-7-14(10-13)31(3,27)28/h5-10,24-25H,4,11H2,1-3H3/b18-12-,24-19?. The molecule has 0 fully saturated rings. The molecule has 0 saturated heterocycles. The van der Waals surface area contributed by atoms with Gasteiger partial charge in [0, 0.05) is 16.7 Å². The zero-order valence-corrected chi connectivity index (χ0v) is 18.6. The first kappa shape index (κ1) is 24.6. The number of carbonyl (C=O) groups excluding carboxylic acids is 1. The largest absolute Gasteiger partial charge is 0.465 e. The quantitative estimate of drug-likeness (QED) is 0.440. The highest BCUT2D eigenvalue weighted by Crippen LogP contribution is 2.34. The summed E-state index contributed by atoms with van der Waals surface area (Å²) >= 11 is 1.10. The predicted octanol–water partition coefficient (Wildman–Crippen LogP) is 4.28. The van der Waals surface area contributed by atoms with Crippen molar-refractivity contribution >= 4 is 38.6 Å². The Bertz CT molecular complexity index is 1120. The zero-order chi connectivity index (χ0) is 23.4. The molecule has 0 radical (unpaired) electrons. The average molecular weight is 475 g/mol. The highest BCUT2D eigenvalue weighted by Gasteiger charge is 2.36. The third-order valence-corrected chi connectivity index (χ3v) is 6.41. The number of carbonyl (C=O) groups is 1. The summed E-state index contributed by atoms with van der Waals surface area (Å²) in [5, 5.41) is 10.1. The summed E-state index contributed by atoms with van der Waals surface area (Å²) in [7, 11) is -3.43. The Balaban J connectivity index is 2.48. The van der Waals surface area contributed by atoms with Crippen LogP contribution >= 0.6 is 11.3 Å². The summed E-state index contributed by atoms with van der Waals surface area (Å²) in [4.78, 5) is 12.8. The third kappa shape index (κ3) is 6.41. The number of hydrogen-bond acceptors (Lipinski definition) is 7. The van der Waals surface area contributed by atoms with E-state index in [1.54, 1.807) is 31.2 Å². The molecule has 0 amide bonds. The molecule has 1 aromatic carbocycles. The number of rotatable bonds is 8. The van der Waals surface area contributed by atoms with Crippen LogP contribution in [0.2, 0.25) is 0 Å². The second-order valence-corrected chi connectivity index (χ2v) is 9.59. The van der Waals surface area contributed by atoms with Gasteiger partial charge in [-0.1, -0.05) is 12.1 Å². The van der Waals surface area contributed by atoms with E-state index in [1.807, 2.05) is 0 Å². The lowest BCUT2D eigenvalue weighted by molar-refractivity contribution is -0.141. The lowest BCUT2D eigenvalue weighted by atomic mass is 10.1. The van der Waals surface area contributed by atoms with Crippen LogP contribution in [0.25, 0.3) is 16.1 Å². The number of halogens is 3. The first-order chi connectivity index (χ1) is 14.3. The Labute approximate surface area is 182 Å². The molecule has 31 heavy (non-hydrogen) atoms. The molecule has 0 spiro atoms. The maximum Gasteiger partial charge on any atom is 0.432 e. The molecule has 168 valence electrons. The van der Waals surface area contributed by atoms with Gasteiger partial charge < -0.3 is 10.1 Å². The molecule has 0 aliphatic rings. The number of hydrogen-bond donors (Lipinski definition) is 2. The van der Waals surface area contributed by atoms with E-state index in [1.165, 1.54) is 12.1 Å². The summed E-state index contributed by atoms with van der Waals surface area (Å²) in [6, 6.07) is 9.38. The van der Waals surface area contributed by atoms with E-state index in [9.17, 15) is 26.4 Å². The normalized spacial score (nSPS) is 12.8. The van der Waals surface area contributed by atoms with E-state index in [0.29, 0.717) is 15.3 Å². The third-order valence-electron chi connectivity index (χ3n) is 4.15. The van der Waals surface area contributed by atoms with Crippen LogP contribution in [0.3, 0.4) is 0 Å². The van der Waals surface area contributed by atoms with Gasteiger partial charge in [0.2, 0.25) is 0 Å². The molecule has 0 aliphatic carbocycles. The summed E-state index contributed by atoms with van der Waals surface area (Å²) in [6.45, 7) is 2.50. The summed E-state index contributed by atoms with van der Waals surface area (Å²) in [5.74, 6) is -0.649. The zero-order valence-electron chi connectivity index (χ0n) is 17.0. The van der Waals surface area contributed by atoms with Crippen LogP contribution in [-0.4, -0.2) is 45.7 Å². The molecule has 0 unspecified atom stereocenters. The van der Waals surface area contributed by atoms with Gasteiger partial charge in [-0.2, -0.15) is 13.2 Å². The molecule has 0 atom stereocenters. The van der Waals surface area contributed by atoms with Gasteiger partial charge in [0.1, 0.15) is 12.3 Å². The molecule has 2 aromatic rings. The van der Waals surface area contributed by atoms with Gasteiger partial charge >= 0.3 is 12.1 Å². The van der Waals surface area contributed by atoms with Crippen molar-refractivity contribution in [2.45, 2.75) is 24.9 Å². The predicted molar refractivity (Wildman–Crippen MR) is 114 cm³/mol. The van der Waals surface area contributed by atoms with E-state index < -0.39 is 27.7 Å². The Kier molecular flexibility index (Phi) is 7.66. The first-order valence-corrected chi connectivity index (χ1v) is 11.7. The molecule has 11 heteroatoms. The van der Waals surface area contributed by atoms with Crippen LogP contribution in [0.4, 0.5) is 13.2 Å². The Morgan fingerprint density at radius 2 is 1.90 bits per heavy atom. The minimum Gasteiger partial charge on any atom is -0.465 e. The molecule has 2 N–H and O–H groups in total. The molecule has 2 rings (SSSR count). The van der Waals surface area contributed by atoms with E-state index in [4.69, 9.17) is 10.1 Å². The second kappa shape index (κ2) is 9.65. The smallest absolute Gasteiger partial charge is 0.432 e. The van der Waals surface area contributed by atoms with E-state index >= 15 is 0 Å². The van der Waals surface area contributed by atoms with Gasteiger partial charge in [-0.25, -0.2) is 8.42 Å². The van der Waals surface area contributed by atoms with Gasteiger partial charge in [-0.15, -0.1) is 11.3 Å². The number of sulfone groups is 1.